The highest BCUT2D eigenvalue weighted by atomic mass is 16.6. The molecule has 0 rings (SSSR count). The normalized spacial score (nSPS) is 11.7. The molecule has 92 valence electrons. The van der Waals surface area contributed by atoms with Crippen LogP contribution in [0.5, 0.6) is 0 Å². The van der Waals surface area contributed by atoms with E-state index in [1.165, 1.54) is 6.92 Å². The van der Waals surface area contributed by atoms with Crippen LogP contribution in [0.2, 0.25) is 0 Å². The molecular weight excluding hydrogens is 212 g/mol. The van der Waals surface area contributed by atoms with Crippen molar-refractivity contribution in [1.82, 2.24) is 0 Å². The summed E-state index contributed by atoms with van der Waals surface area (Å²) in [5.41, 5.74) is 0.261. The van der Waals surface area contributed by atoms with E-state index < -0.39 is 18.0 Å². The van der Waals surface area contributed by atoms with Gasteiger partial charge in [-0.1, -0.05) is 13.5 Å². The smallest absolute Gasteiger partial charge is 0.333 e. The molecule has 0 aromatic rings. The van der Waals surface area contributed by atoms with Crippen molar-refractivity contribution in [2.75, 3.05) is 13.2 Å². The Kier molecular flexibility index (Phi) is 7.20. The summed E-state index contributed by atoms with van der Waals surface area (Å²) < 4.78 is 9.63. The van der Waals surface area contributed by atoms with Gasteiger partial charge in [-0.15, -0.1) is 0 Å². The Morgan fingerprint density at radius 3 is 2.50 bits per heavy atom. The number of rotatable bonds is 7. The van der Waals surface area contributed by atoms with Crippen LogP contribution in [0.4, 0.5) is 0 Å². The van der Waals surface area contributed by atoms with Crippen molar-refractivity contribution < 1.29 is 24.2 Å². The van der Waals surface area contributed by atoms with Crippen LogP contribution >= 0.6 is 0 Å². The molecule has 16 heavy (non-hydrogen) atoms. The average molecular weight is 230 g/mol. The highest BCUT2D eigenvalue weighted by Gasteiger charge is 2.15. The molecule has 0 aliphatic rings. The zero-order chi connectivity index (χ0) is 12.6. The van der Waals surface area contributed by atoms with Gasteiger partial charge in [0.25, 0.3) is 0 Å². The summed E-state index contributed by atoms with van der Waals surface area (Å²) in [7, 11) is 0. The molecule has 0 saturated carbocycles. The van der Waals surface area contributed by atoms with Crippen LogP contribution in [0.3, 0.4) is 0 Å². The van der Waals surface area contributed by atoms with E-state index in [9.17, 15) is 9.59 Å². The molecule has 0 heterocycles. The number of carbonyl (C=O) groups excluding carboxylic acids is 2. The molecule has 0 aromatic heterocycles. The van der Waals surface area contributed by atoms with Crippen molar-refractivity contribution in [2.24, 2.45) is 0 Å². The number of hydrogen-bond acceptors (Lipinski definition) is 5. The summed E-state index contributed by atoms with van der Waals surface area (Å²) in [6.45, 7) is 6.23. The molecule has 0 saturated heterocycles. The highest BCUT2D eigenvalue weighted by molar-refractivity contribution is 5.86. The van der Waals surface area contributed by atoms with Crippen molar-refractivity contribution in [3.8, 4) is 0 Å². The van der Waals surface area contributed by atoms with Crippen LogP contribution in [-0.4, -0.2) is 36.4 Å². The quantitative estimate of drug-likeness (QED) is 0.517. The van der Waals surface area contributed by atoms with E-state index in [0.717, 1.165) is 0 Å². The molecule has 0 amide bonds. The first-order chi connectivity index (χ1) is 7.51. The Balaban J connectivity index is 3.96. The van der Waals surface area contributed by atoms with Gasteiger partial charge in [-0.25, -0.2) is 4.79 Å². The minimum atomic E-state index is -0.803. The molecule has 1 atom stereocenters. The van der Waals surface area contributed by atoms with Crippen molar-refractivity contribution in [2.45, 2.75) is 32.8 Å². The molecule has 0 aromatic carbocycles. The number of carbonyl (C=O) groups is 2. The van der Waals surface area contributed by atoms with Gasteiger partial charge < -0.3 is 14.6 Å². The summed E-state index contributed by atoms with van der Waals surface area (Å²) >= 11 is 0. The lowest BCUT2D eigenvalue weighted by molar-refractivity contribution is -0.159. The van der Waals surface area contributed by atoms with Crippen molar-refractivity contribution >= 4 is 11.9 Å². The predicted octanol–water partition coefficient (Wildman–Crippen LogP) is 0.810. The fourth-order valence-corrected chi connectivity index (χ4v) is 0.865. The van der Waals surface area contributed by atoms with Gasteiger partial charge in [0.15, 0.2) is 6.10 Å². The van der Waals surface area contributed by atoms with Crippen LogP contribution < -0.4 is 0 Å². The Hall–Kier alpha value is -1.36. The molecule has 1 N–H and O–H groups in total. The number of aliphatic hydroxyl groups is 1. The van der Waals surface area contributed by atoms with Gasteiger partial charge in [-0.3, -0.25) is 4.79 Å². The monoisotopic (exact) mass is 230 g/mol. The summed E-state index contributed by atoms with van der Waals surface area (Å²) in [6.07, 6.45) is 0.148. The van der Waals surface area contributed by atoms with E-state index in [1.54, 1.807) is 0 Å². The van der Waals surface area contributed by atoms with Crippen molar-refractivity contribution in [3.05, 3.63) is 12.2 Å². The molecule has 0 bridgehead atoms. The molecule has 1 unspecified atom stereocenters. The van der Waals surface area contributed by atoms with Crippen LogP contribution in [0.15, 0.2) is 12.2 Å². The summed E-state index contributed by atoms with van der Waals surface area (Å²) in [6, 6.07) is 0. The van der Waals surface area contributed by atoms with E-state index >= 15 is 0 Å². The third kappa shape index (κ3) is 6.19. The van der Waals surface area contributed by atoms with Crippen molar-refractivity contribution in [1.29, 1.82) is 0 Å². The lowest BCUT2D eigenvalue weighted by Gasteiger charge is -2.15. The number of hydrogen-bond donors (Lipinski definition) is 1. The van der Waals surface area contributed by atoms with E-state index in [-0.39, 0.29) is 25.2 Å². The minimum Gasteiger partial charge on any atom is -0.458 e. The van der Waals surface area contributed by atoms with Crippen LogP contribution in [-0.2, 0) is 19.1 Å². The van der Waals surface area contributed by atoms with Gasteiger partial charge in [0.1, 0.15) is 6.61 Å². The molecule has 0 fully saturated rings. The lowest BCUT2D eigenvalue weighted by Crippen LogP contribution is -2.28. The molecule has 0 aliphatic carbocycles. The first-order valence-electron chi connectivity index (χ1n) is 5.14. The van der Waals surface area contributed by atoms with Gasteiger partial charge in [0.2, 0.25) is 0 Å². The maximum absolute atomic E-state index is 11.1. The second-order valence-corrected chi connectivity index (χ2v) is 3.42. The molecule has 0 spiro atoms. The molecule has 0 aliphatic heterocycles. The summed E-state index contributed by atoms with van der Waals surface area (Å²) in [4.78, 5) is 22.1. The molecule has 5 heteroatoms. The lowest BCUT2D eigenvalue weighted by atomic mass is 10.3. The third-order valence-electron chi connectivity index (χ3n) is 1.70. The maximum Gasteiger partial charge on any atom is 0.333 e. The highest BCUT2D eigenvalue weighted by Crippen LogP contribution is 2.00. The maximum atomic E-state index is 11.1. The van der Waals surface area contributed by atoms with Crippen molar-refractivity contribution in [3.63, 3.8) is 0 Å². The summed E-state index contributed by atoms with van der Waals surface area (Å²) in [5.74, 6) is -0.974. The third-order valence-corrected chi connectivity index (χ3v) is 1.70. The van der Waals surface area contributed by atoms with Gasteiger partial charge in [0, 0.05) is 12.0 Å². The largest absolute Gasteiger partial charge is 0.458 e. The van der Waals surface area contributed by atoms with Gasteiger partial charge in [-0.05, 0) is 13.3 Å². The predicted molar refractivity (Wildman–Crippen MR) is 57.6 cm³/mol. The number of esters is 2. The zero-order valence-electron chi connectivity index (χ0n) is 9.69. The first kappa shape index (κ1) is 14.6. The van der Waals surface area contributed by atoms with E-state index in [1.807, 2.05) is 6.92 Å². The Morgan fingerprint density at radius 1 is 1.44 bits per heavy atom. The topological polar surface area (TPSA) is 72.8 Å². The average Bonchev–Trinajstić information content (AvgIpc) is 2.23. The SMILES string of the molecule is C=C(C)C(=O)OCC(CO)OC(=O)CCC. The summed E-state index contributed by atoms with van der Waals surface area (Å²) in [5, 5.41) is 8.90. The standard InChI is InChI=1S/C11H18O5/c1-4-5-10(13)16-9(6-12)7-15-11(14)8(2)3/h9,12H,2,4-7H2,1,3H3. The first-order valence-corrected chi connectivity index (χ1v) is 5.14. The Labute approximate surface area is 95.0 Å². The van der Waals surface area contributed by atoms with Crippen LogP contribution in [0, 0.1) is 0 Å². The minimum absolute atomic E-state index is 0.155. The van der Waals surface area contributed by atoms with E-state index in [4.69, 9.17) is 14.6 Å². The molecule has 5 nitrogen and oxygen atoms in total. The van der Waals surface area contributed by atoms with Gasteiger partial charge in [0.05, 0.1) is 6.61 Å². The molecular formula is C11H18O5. The second-order valence-electron chi connectivity index (χ2n) is 3.42. The Morgan fingerprint density at radius 2 is 2.06 bits per heavy atom. The van der Waals surface area contributed by atoms with Gasteiger partial charge >= 0.3 is 11.9 Å². The Bertz CT molecular complexity index is 259. The fraction of sp³-hybridized carbons (Fsp3) is 0.636. The fourth-order valence-electron chi connectivity index (χ4n) is 0.865. The second kappa shape index (κ2) is 7.87. The molecule has 0 radical (unpaired) electrons. The van der Waals surface area contributed by atoms with E-state index in [0.29, 0.717) is 6.42 Å². The van der Waals surface area contributed by atoms with Crippen LogP contribution in [0.1, 0.15) is 26.7 Å². The number of ether oxygens (including phenoxy) is 2. The number of aliphatic hydroxyl groups excluding tert-OH is 1. The van der Waals surface area contributed by atoms with Crippen LogP contribution in [0.25, 0.3) is 0 Å². The zero-order valence-corrected chi connectivity index (χ0v) is 9.69. The van der Waals surface area contributed by atoms with E-state index in [2.05, 4.69) is 6.58 Å². The van der Waals surface area contributed by atoms with Gasteiger partial charge in [-0.2, -0.15) is 0 Å².